The van der Waals surface area contributed by atoms with Crippen molar-refractivity contribution in [3.63, 3.8) is 0 Å². The smallest absolute Gasteiger partial charge is 0.303 e. The molecule has 1 saturated heterocycles. The summed E-state index contributed by atoms with van der Waals surface area (Å²) in [6.45, 7) is 1.21. The van der Waals surface area contributed by atoms with E-state index in [1.54, 1.807) is 23.1 Å². The van der Waals surface area contributed by atoms with Crippen LogP contribution < -0.4 is 0 Å². The number of hydrogen-bond donors (Lipinski definition) is 1. The quantitative estimate of drug-likeness (QED) is 0.898. The van der Waals surface area contributed by atoms with Gasteiger partial charge in [-0.25, -0.2) is 0 Å². The fraction of sp³-hybridized carbons (Fsp3) is 0.429. The van der Waals surface area contributed by atoms with Gasteiger partial charge in [-0.15, -0.1) is 0 Å². The summed E-state index contributed by atoms with van der Waals surface area (Å²) in [5.41, 5.74) is 0.589. The Bertz CT molecular complexity index is 527. The van der Waals surface area contributed by atoms with Crippen LogP contribution in [0.1, 0.15) is 29.6 Å². The average molecular weight is 361 g/mol. The van der Waals surface area contributed by atoms with Crippen molar-refractivity contribution >= 4 is 39.4 Å². The van der Waals surface area contributed by atoms with Gasteiger partial charge in [0.15, 0.2) is 0 Å². The molecule has 0 aromatic heterocycles. The lowest BCUT2D eigenvalue weighted by atomic mass is 9.93. The van der Waals surface area contributed by atoms with Gasteiger partial charge in [-0.05, 0) is 52.9 Å². The number of hydrogen-bond acceptors (Lipinski definition) is 2. The summed E-state index contributed by atoms with van der Waals surface area (Å²) in [5, 5.41) is 9.36. The van der Waals surface area contributed by atoms with Crippen molar-refractivity contribution in [2.24, 2.45) is 5.92 Å². The van der Waals surface area contributed by atoms with Gasteiger partial charge in [0.25, 0.3) is 5.91 Å². The Morgan fingerprint density at radius 3 is 2.55 bits per heavy atom. The minimum Gasteiger partial charge on any atom is -0.481 e. The van der Waals surface area contributed by atoms with Crippen molar-refractivity contribution in [2.75, 3.05) is 13.1 Å². The maximum Gasteiger partial charge on any atom is 0.303 e. The maximum atomic E-state index is 12.4. The highest BCUT2D eigenvalue weighted by molar-refractivity contribution is 9.10. The number of carboxylic acid groups (broad SMARTS) is 1. The Morgan fingerprint density at radius 2 is 2.00 bits per heavy atom. The SMILES string of the molecule is O=C(O)CC1CCN(C(=O)c2ccc(Cl)cc2Br)CC1. The third kappa shape index (κ3) is 3.73. The largest absolute Gasteiger partial charge is 0.481 e. The Morgan fingerprint density at radius 1 is 1.35 bits per heavy atom. The van der Waals surface area contributed by atoms with Crippen LogP contribution in [0.2, 0.25) is 5.02 Å². The summed E-state index contributed by atoms with van der Waals surface area (Å²) in [6.07, 6.45) is 1.67. The molecule has 1 heterocycles. The molecule has 1 amide bonds. The number of aliphatic carboxylic acids is 1. The summed E-state index contributed by atoms with van der Waals surface area (Å²) >= 11 is 9.21. The first kappa shape index (κ1) is 15.3. The molecular weight excluding hydrogens is 346 g/mol. The number of carbonyl (C=O) groups excluding carboxylic acids is 1. The fourth-order valence-electron chi connectivity index (χ4n) is 2.42. The predicted octanol–water partition coefficient (Wildman–Crippen LogP) is 3.43. The maximum absolute atomic E-state index is 12.4. The van der Waals surface area contributed by atoms with Gasteiger partial charge in [0.2, 0.25) is 0 Å². The number of piperidine rings is 1. The molecule has 6 heteroatoms. The van der Waals surface area contributed by atoms with Crippen LogP contribution in [0.3, 0.4) is 0 Å². The van der Waals surface area contributed by atoms with Crippen LogP contribution in [0.25, 0.3) is 0 Å². The van der Waals surface area contributed by atoms with Gasteiger partial charge in [-0.1, -0.05) is 11.6 Å². The van der Waals surface area contributed by atoms with Crippen molar-refractivity contribution < 1.29 is 14.7 Å². The summed E-state index contributed by atoms with van der Waals surface area (Å²) < 4.78 is 0.683. The molecule has 1 aromatic rings. The van der Waals surface area contributed by atoms with Crippen LogP contribution in [0.4, 0.5) is 0 Å². The van der Waals surface area contributed by atoms with Gasteiger partial charge < -0.3 is 10.0 Å². The first-order valence-corrected chi connectivity index (χ1v) is 7.60. The molecule has 1 N–H and O–H groups in total. The van der Waals surface area contributed by atoms with Crippen LogP contribution in [-0.4, -0.2) is 35.0 Å². The lowest BCUT2D eigenvalue weighted by Gasteiger charge is -2.31. The molecule has 0 atom stereocenters. The van der Waals surface area contributed by atoms with Gasteiger partial charge >= 0.3 is 5.97 Å². The van der Waals surface area contributed by atoms with Crippen molar-refractivity contribution in [3.8, 4) is 0 Å². The number of amides is 1. The molecule has 1 aliphatic rings. The van der Waals surface area contributed by atoms with Crippen molar-refractivity contribution in [1.82, 2.24) is 4.90 Å². The highest BCUT2D eigenvalue weighted by atomic mass is 79.9. The first-order chi connectivity index (χ1) is 9.47. The lowest BCUT2D eigenvalue weighted by Crippen LogP contribution is -2.39. The number of likely N-dealkylation sites (tertiary alicyclic amines) is 1. The van der Waals surface area contributed by atoms with E-state index in [0.29, 0.717) is 28.1 Å². The second-order valence-electron chi connectivity index (χ2n) is 4.96. The number of halogens is 2. The zero-order chi connectivity index (χ0) is 14.7. The topological polar surface area (TPSA) is 57.6 Å². The van der Waals surface area contributed by atoms with E-state index in [0.717, 1.165) is 12.8 Å². The molecule has 0 radical (unpaired) electrons. The number of carbonyl (C=O) groups is 2. The van der Waals surface area contributed by atoms with Crippen molar-refractivity contribution in [3.05, 3.63) is 33.3 Å². The zero-order valence-corrected chi connectivity index (χ0v) is 13.2. The summed E-state index contributed by atoms with van der Waals surface area (Å²) in [6, 6.07) is 5.10. The van der Waals surface area contributed by atoms with Crippen LogP contribution in [0, 0.1) is 5.92 Å². The molecule has 0 unspecified atom stereocenters. The fourth-order valence-corrected chi connectivity index (χ4v) is 3.27. The molecule has 4 nitrogen and oxygen atoms in total. The average Bonchev–Trinajstić information content (AvgIpc) is 2.38. The van der Waals surface area contributed by atoms with Gasteiger partial charge in [-0.2, -0.15) is 0 Å². The Balaban J connectivity index is 1.99. The number of benzene rings is 1. The lowest BCUT2D eigenvalue weighted by molar-refractivity contribution is -0.138. The second-order valence-corrected chi connectivity index (χ2v) is 6.25. The normalized spacial score (nSPS) is 16.2. The third-order valence-electron chi connectivity index (χ3n) is 3.53. The van der Waals surface area contributed by atoms with Gasteiger partial charge in [0.05, 0.1) is 5.56 Å². The van der Waals surface area contributed by atoms with Gasteiger partial charge in [0, 0.05) is 29.0 Å². The molecule has 20 heavy (non-hydrogen) atoms. The molecule has 0 spiro atoms. The minimum atomic E-state index is -0.768. The molecule has 1 aliphatic heterocycles. The summed E-state index contributed by atoms with van der Waals surface area (Å²) in [4.78, 5) is 24.8. The number of carboxylic acids is 1. The van der Waals surface area contributed by atoms with E-state index in [-0.39, 0.29) is 18.2 Å². The first-order valence-electron chi connectivity index (χ1n) is 6.43. The van der Waals surface area contributed by atoms with Crippen LogP contribution >= 0.6 is 27.5 Å². The van der Waals surface area contributed by atoms with E-state index < -0.39 is 5.97 Å². The molecule has 0 aliphatic carbocycles. The highest BCUT2D eigenvalue weighted by Crippen LogP contribution is 2.26. The van der Waals surface area contributed by atoms with Gasteiger partial charge in [0.1, 0.15) is 0 Å². The molecule has 1 aromatic carbocycles. The van der Waals surface area contributed by atoms with Crippen LogP contribution in [0.5, 0.6) is 0 Å². The second kappa shape index (κ2) is 6.59. The van der Waals surface area contributed by atoms with E-state index in [4.69, 9.17) is 16.7 Å². The molecule has 0 bridgehead atoms. The third-order valence-corrected chi connectivity index (χ3v) is 4.42. The molecule has 2 rings (SSSR count). The molecule has 1 fully saturated rings. The molecule has 108 valence electrons. The van der Waals surface area contributed by atoms with Crippen molar-refractivity contribution in [1.29, 1.82) is 0 Å². The number of rotatable bonds is 3. The molecule has 0 saturated carbocycles. The van der Waals surface area contributed by atoms with Crippen LogP contribution in [0.15, 0.2) is 22.7 Å². The Labute approximate surface area is 130 Å². The highest BCUT2D eigenvalue weighted by Gasteiger charge is 2.25. The van der Waals surface area contributed by atoms with Crippen molar-refractivity contribution in [2.45, 2.75) is 19.3 Å². The van der Waals surface area contributed by atoms with Crippen LogP contribution in [-0.2, 0) is 4.79 Å². The minimum absolute atomic E-state index is 0.0395. The van der Waals surface area contributed by atoms with E-state index in [9.17, 15) is 9.59 Å². The van der Waals surface area contributed by atoms with E-state index in [1.807, 2.05) is 0 Å². The monoisotopic (exact) mass is 359 g/mol. The van der Waals surface area contributed by atoms with Gasteiger partial charge in [-0.3, -0.25) is 9.59 Å². The summed E-state index contributed by atoms with van der Waals surface area (Å²) in [5.74, 6) is -0.636. The van der Waals surface area contributed by atoms with E-state index in [1.165, 1.54) is 0 Å². The predicted molar refractivity (Wildman–Crippen MR) is 80.0 cm³/mol. The molecular formula is C14H15BrClNO3. The summed E-state index contributed by atoms with van der Waals surface area (Å²) in [7, 11) is 0. The standard InChI is InChI=1S/C14H15BrClNO3/c15-12-8-10(16)1-2-11(12)14(20)17-5-3-9(4-6-17)7-13(18)19/h1-2,8-9H,3-7H2,(H,18,19). The number of nitrogens with zero attached hydrogens (tertiary/aromatic N) is 1. The van der Waals surface area contributed by atoms with E-state index in [2.05, 4.69) is 15.9 Å². The Hall–Kier alpha value is -1.07. The zero-order valence-electron chi connectivity index (χ0n) is 10.8. The van der Waals surface area contributed by atoms with E-state index >= 15 is 0 Å². The Kier molecular flexibility index (Phi) is 5.05.